The second kappa shape index (κ2) is 6.48. The number of nitrogens with zero attached hydrogens (tertiary/aromatic N) is 1. The first kappa shape index (κ1) is 13.7. The molecule has 1 aromatic carbocycles. The highest BCUT2D eigenvalue weighted by Crippen LogP contribution is 2.08. The normalized spacial score (nSPS) is 16.2. The van der Waals surface area contributed by atoms with Gasteiger partial charge in [0, 0.05) is 18.7 Å². The van der Waals surface area contributed by atoms with E-state index in [9.17, 15) is 9.59 Å². The molecule has 1 N–H and O–H groups in total. The van der Waals surface area contributed by atoms with E-state index < -0.39 is 0 Å². The van der Waals surface area contributed by atoms with Crippen LogP contribution in [-0.2, 0) is 11.2 Å². The molecular formula is C15H20N2O2. The summed E-state index contributed by atoms with van der Waals surface area (Å²) >= 11 is 0. The molecular weight excluding hydrogens is 240 g/mol. The Bertz CT molecular complexity index is 454. The van der Waals surface area contributed by atoms with Crippen molar-refractivity contribution in [2.45, 2.75) is 19.8 Å². The summed E-state index contributed by atoms with van der Waals surface area (Å²) in [7, 11) is 0. The second-order valence-corrected chi connectivity index (χ2v) is 4.93. The zero-order chi connectivity index (χ0) is 13.7. The van der Waals surface area contributed by atoms with E-state index >= 15 is 0 Å². The van der Waals surface area contributed by atoms with Crippen LogP contribution in [0.3, 0.4) is 0 Å². The van der Waals surface area contributed by atoms with Crippen molar-refractivity contribution in [2.24, 2.45) is 0 Å². The van der Waals surface area contributed by atoms with E-state index in [1.165, 1.54) is 5.56 Å². The van der Waals surface area contributed by atoms with Crippen LogP contribution in [0.15, 0.2) is 24.3 Å². The van der Waals surface area contributed by atoms with Gasteiger partial charge in [-0.05, 0) is 12.0 Å². The SMILES string of the molecule is CCCc1ccc(C(=O)CN2CCNC(=O)C2)cc1. The van der Waals surface area contributed by atoms with E-state index in [4.69, 9.17) is 0 Å². The number of benzene rings is 1. The van der Waals surface area contributed by atoms with Gasteiger partial charge >= 0.3 is 0 Å². The third kappa shape index (κ3) is 3.89. The van der Waals surface area contributed by atoms with Crippen LogP contribution >= 0.6 is 0 Å². The number of aryl methyl sites for hydroxylation is 1. The maximum Gasteiger partial charge on any atom is 0.234 e. The number of carbonyl (C=O) groups excluding carboxylic acids is 2. The van der Waals surface area contributed by atoms with E-state index in [0.717, 1.165) is 24.9 Å². The number of rotatable bonds is 5. The molecule has 1 heterocycles. The highest BCUT2D eigenvalue weighted by molar-refractivity contribution is 5.98. The van der Waals surface area contributed by atoms with Crippen LogP contribution in [0.25, 0.3) is 0 Å². The van der Waals surface area contributed by atoms with Gasteiger partial charge in [0.1, 0.15) is 0 Å². The lowest BCUT2D eigenvalue weighted by Gasteiger charge is -2.25. The van der Waals surface area contributed by atoms with Crippen molar-refractivity contribution >= 4 is 11.7 Å². The smallest absolute Gasteiger partial charge is 0.234 e. The first-order valence-corrected chi connectivity index (χ1v) is 6.80. The summed E-state index contributed by atoms with van der Waals surface area (Å²) in [4.78, 5) is 25.2. The summed E-state index contributed by atoms with van der Waals surface area (Å²) in [6.07, 6.45) is 2.15. The predicted molar refractivity (Wildman–Crippen MR) is 74.2 cm³/mol. The largest absolute Gasteiger partial charge is 0.354 e. The maximum atomic E-state index is 12.1. The number of hydrogen-bond donors (Lipinski definition) is 1. The predicted octanol–water partition coefficient (Wildman–Crippen LogP) is 1.25. The van der Waals surface area contributed by atoms with Crippen LogP contribution in [0.4, 0.5) is 0 Å². The zero-order valence-corrected chi connectivity index (χ0v) is 11.3. The molecule has 1 aliphatic heterocycles. The third-order valence-electron chi connectivity index (χ3n) is 3.30. The summed E-state index contributed by atoms with van der Waals surface area (Å²) in [6.45, 7) is 4.15. The molecule has 0 saturated carbocycles. The van der Waals surface area contributed by atoms with Crippen molar-refractivity contribution in [2.75, 3.05) is 26.2 Å². The first-order chi connectivity index (χ1) is 9.19. The van der Waals surface area contributed by atoms with Crippen LogP contribution in [-0.4, -0.2) is 42.8 Å². The van der Waals surface area contributed by atoms with E-state index in [1.54, 1.807) is 0 Å². The van der Waals surface area contributed by atoms with Gasteiger partial charge in [-0.25, -0.2) is 0 Å². The van der Waals surface area contributed by atoms with E-state index in [0.29, 0.717) is 19.6 Å². The van der Waals surface area contributed by atoms with Gasteiger partial charge in [-0.3, -0.25) is 14.5 Å². The molecule has 1 amide bonds. The molecule has 1 fully saturated rings. The molecule has 0 bridgehead atoms. The molecule has 0 spiro atoms. The molecule has 0 aliphatic carbocycles. The zero-order valence-electron chi connectivity index (χ0n) is 11.3. The fraction of sp³-hybridized carbons (Fsp3) is 0.467. The Hall–Kier alpha value is -1.68. The topological polar surface area (TPSA) is 49.4 Å². The van der Waals surface area contributed by atoms with Crippen molar-refractivity contribution < 1.29 is 9.59 Å². The Morgan fingerprint density at radius 1 is 1.32 bits per heavy atom. The Morgan fingerprint density at radius 3 is 2.68 bits per heavy atom. The summed E-state index contributed by atoms with van der Waals surface area (Å²) in [6, 6.07) is 7.80. The average Bonchev–Trinajstić information content (AvgIpc) is 2.40. The Kier molecular flexibility index (Phi) is 4.68. The molecule has 4 heteroatoms. The number of carbonyl (C=O) groups is 2. The van der Waals surface area contributed by atoms with Crippen molar-refractivity contribution in [3.8, 4) is 0 Å². The fourth-order valence-electron chi connectivity index (χ4n) is 2.27. The van der Waals surface area contributed by atoms with Gasteiger partial charge in [0.2, 0.25) is 5.91 Å². The number of ketones is 1. The Morgan fingerprint density at radius 2 is 2.05 bits per heavy atom. The monoisotopic (exact) mass is 260 g/mol. The standard InChI is InChI=1S/C15H20N2O2/c1-2-3-12-4-6-13(7-5-12)14(18)10-17-9-8-16-15(19)11-17/h4-7H,2-3,8-11H2,1H3,(H,16,19). The minimum absolute atomic E-state index is 0.00246. The highest BCUT2D eigenvalue weighted by atomic mass is 16.2. The minimum atomic E-state index is -0.00246. The quantitative estimate of drug-likeness (QED) is 0.811. The Balaban J connectivity index is 1.93. The molecule has 1 saturated heterocycles. The highest BCUT2D eigenvalue weighted by Gasteiger charge is 2.19. The molecule has 2 rings (SSSR count). The minimum Gasteiger partial charge on any atom is -0.354 e. The van der Waals surface area contributed by atoms with Gasteiger partial charge in [0.25, 0.3) is 0 Å². The lowest BCUT2D eigenvalue weighted by atomic mass is 10.0. The van der Waals surface area contributed by atoms with E-state index in [2.05, 4.69) is 12.2 Å². The number of amides is 1. The number of nitrogens with one attached hydrogen (secondary N) is 1. The summed E-state index contributed by atoms with van der Waals surface area (Å²) in [5, 5.41) is 2.75. The van der Waals surface area contributed by atoms with E-state index in [1.807, 2.05) is 29.2 Å². The molecule has 1 aliphatic rings. The molecule has 0 aromatic heterocycles. The van der Waals surface area contributed by atoms with Crippen LogP contribution in [0.2, 0.25) is 0 Å². The van der Waals surface area contributed by atoms with Crippen LogP contribution in [0.5, 0.6) is 0 Å². The molecule has 1 aromatic rings. The van der Waals surface area contributed by atoms with Crippen LogP contribution < -0.4 is 5.32 Å². The van der Waals surface area contributed by atoms with Gasteiger partial charge < -0.3 is 5.32 Å². The van der Waals surface area contributed by atoms with Gasteiger partial charge in [-0.15, -0.1) is 0 Å². The molecule has 102 valence electrons. The van der Waals surface area contributed by atoms with Crippen LogP contribution in [0, 0.1) is 0 Å². The average molecular weight is 260 g/mol. The molecule has 0 unspecified atom stereocenters. The summed E-state index contributed by atoms with van der Waals surface area (Å²) < 4.78 is 0. The molecule has 0 radical (unpaired) electrons. The van der Waals surface area contributed by atoms with Crippen molar-refractivity contribution in [1.29, 1.82) is 0 Å². The Labute approximate surface area is 113 Å². The second-order valence-electron chi connectivity index (χ2n) is 4.93. The molecule has 4 nitrogen and oxygen atoms in total. The molecule has 19 heavy (non-hydrogen) atoms. The van der Waals surface area contributed by atoms with Gasteiger partial charge in [0.15, 0.2) is 5.78 Å². The van der Waals surface area contributed by atoms with Crippen molar-refractivity contribution in [1.82, 2.24) is 10.2 Å². The third-order valence-corrected chi connectivity index (χ3v) is 3.30. The van der Waals surface area contributed by atoms with E-state index in [-0.39, 0.29) is 11.7 Å². The number of piperazine rings is 1. The maximum absolute atomic E-state index is 12.1. The van der Waals surface area contributed by atoms with Gasteiger partial charge in [0.05, 0.1) is 13.1 Å². The van der Waals surface area contributed by atoms with Gasteiger partial charge in [-0.2, -0.15) is 0 Å². The lowest BCUT2D eigenvalue weighted by molar-refractivity contribution is -0.123. The van der Waals surface area contributed by atoms with Gasteiger partial charge in [-0.1, -0.05) is 37.6 Å². The lowest BCUT2D eigenvalue weighted by Crippen LogP contribution is -2.49. The molecule has 0 atom stereocenters. The van der Waals surface area contributed by atoms with Crippen LogP contribution in [0.1, 0.15) is 29.3 Å². The fourth-order valence-corrected chi connectivity index (χ4v) is 2.27. The van der Waals surface area contributed by atoms with Crippen molar-refractivity contribution in [3.05, 3.63) is 35.4 Å². The summed E-state index contributed by atoms with van der Waals surface area (Å²) in [5.41, 5.74) is 1.99. The number of hydrogen-bond acceptors (Lipinski definition) is 3. The number of Topliss-reactive ketones (excluding diaryl/α,β-unsaturated/α-hetero) is 1. The summed E-state index contributed by atoms with van der Waals surface area (Å²) in [5.74, 6) is 0.0788. The first-order valence-electron chi connectivity index (χ1n) is 6.80. The van der Waals surface area contributed by atoms with Crippen molar-refractivity contribution in [3.63, 3.8) is 0 Å².